The van der Waals surface area contributed by atoms with Crippen LogP contribution in [-0.4, -0.2) is 23.0 Å². The fourth-order valence-electron chi connectivity index (χ4n) is 1.94. The number of aromatic amines is 1. The summed E-state index contributed by atoms with van der Waals surface area (Å²) in [6.07, 6.45) is 0. The summed E-state index contributed by atoms with van der Waals surface area (Å²) >= 11 is 1.32. The molecule has 3 rings (SSSR count). The number of aromatic nitrogens is 2. The summed E-state index contributed by atoms with van der Waals surface area (Å²) in [5, 5.41) is 1.05. The third-order valence-electron chi connectivity index (χ3n) is 2.99. The van der Waals surface area contributed by atoms with E-state index in [0.717, 1.165) is 0 Å². The first-order valence-corrected chi connectivity index (χ1v) is 7.45. The van der Waals surface area contributed by atoms with Crippen LogP contribution in [0.4, 0.5) is 0 Å². The van der Waals surface area contributed by atoms with Gasteiger partial charge >= 0.3 is 5.97 Å². The second-order valence-corrected chi connectivity index (χ2v) is 5.40. The maximum absolute atomic E-state index is 11.9. The van der Waals surface area contributed by atoms with Gasteiger partial charge in [-0.2, -0.15) is 0 Å². The summed E-state index contributed by atoms with van der Waals surface area (Å²) < 4.78 is 9.94. The van der Waals surface area contributed by atoms with E-state index < -0.39 is 5.97 Å². The summed E-state index contributed by atoms with van der Waals surface area (Å²) in [6.45, 7) is 0. The number of rotatable bonds is 4. The van der Waals surface area contributed by atoms with Gasteiger partial charge in [0.15, 0.2) is 5.16 Å². The zero-order valence-corrected chi connectivity index (χ0v) is 12.5. The second kappa shape index (κ2) is 6.07. The van der Waals surface area contributed by atoms with Crippen molar-refractivity contribution in [2.45, 2.75) is 10.9 Å². The number of H-pyrrole nitrogens is 1. The number of benzene rings is 1. The smallest absolute Gasteiger partial charge is 0.373 e. The third kappa shape index (κ3) is 2.89. The van der Waals surface area contributed by atoms with E-state index >= 15 is 0 Å². The average molecular weight is 316 g/mol. The number of methoxy groups -OCH3 is 1. The van der Waals surface area contributed by atoms with E-state index in [1.54, 1.807) is 30.3 Å². The Morgan fingerprint density at radius 2 is 2.14 bits per heavy atom. The number of furan rings is 1. The normalized spacial score (nSPS) is 10.8. The number of nitrogens with one attached hydrogen (secondary N) is 1. The van der Waals surface area contributed by atoms with Crippen LogP contribution in [0.25, 0.3) is 10.9 Å². The first-order valence-electron chi connectivity index (χ1n) is 6.46. The quantitative estimate of drug-likeness (QED) is 0.452. The van der Waals surface area contributed by atoms with Gasteiger partial charge in [-0.05, 0) is 24.3 Å². The van der Waals surface area contributed by atoms with E-state index in [-0.39, 0.29) is 11.3 Å². The third-order valence-corrected chi connectivity index (χ3v) is 3.89. The van der Waals surface area contributed by atoms with Gasteiger partial charge in [0.25, 0.3) is 5.56 Å². The maximum Gasteiger partial charge on any atom is 0.373 e. The zero-order chi connectivity index (χ0) is 15.5. The van der Waals surface area contributed by atoms with E-state index in [0.29, 0.717) is 27.6 Å². The fraction of sp³-hybridized carbons (Fsp3) is 0.133. The monoisotopic (exact) mass is 316 g/mol. The predicted octanol–water partition coefficient (Wildman–Crippen LogP) is 2.59. The van der Waals surface area contributed by atoms with Crippen molar-refractivity contribution >= 4 is 28.6 Å². The maximum atomic E-state index is 11.9. The van der Waals surface area contributed by atoms with Crippen LogP contribution in [0.2, 0.25) is 0 Å². The molecular weight excluding hydrogens is 304 g/mol. The second-order valence-electron chi connectivity index (χ2n) is 4.43. The van der Waals surface area contributed by atoms with Gasteiger partial charge in [-0.1, -0.05) is 23.9 Å². The lowest BCUT2D eigenvalue weighted by molar-refractivity contribution is 0.0563. The van der Waals surface area contributed by atoms with Gasteiger partial charge in [0.2, 0.25) is 5.76 Å². The highest BCUT2D eigenvalue weighted by Gasteiger charge is 2.12. The molecule has 2 aromatic heterocycles. The fourth-order valence-corrected chi connectivity index (χ4v) is 2.70. The van der Waals surface area contributed by atoms with Gasteiger partial charge in [-0.25, -0.2) is 9.78 Å². The molecule has 2 heterocycles. The SMILES string of the molecule is COC(=O)c1ccc(CSc2nc3ccccc3c(=O)[nH]2)o1. The molecule has 0 unspecified atom stereocenters. The Balaban J connectivity index is 1.78. The van der Waals surface area contributed by atoms with E-state index in [2.05, 4.69) is 14.7 Å². The Hall–Kier alpha value is -2.54. The van der Waals surface area contributed by atoms with Crippen molar-refractivity contribution in [1.82, 2.24) is 9.97 Å². The Bertz CT molecular complexity index is 884. The number of thioether (sulfide) groups is 1. The Morgan fingerprint density at radius 3 is 2.95 bits per heavy atom. The van der Waals surface area contributed by atoms with Crippen LogP contribution in [-0.2, 0) is 10.5 Å². The molecule has 1 N–H and O–H groups in total. The number of carbonyl (C=O) groups is 1. The molecule has 22 heavy (non-hydrogen) atoms. The highest BCUT2D eigenvalue weighted by atomic mass is 32.2. The number of fused-ring (bicyclic) bond motifs is 1. The molecule has 3 aromatic rings. The molecule has 1 aromatic carbocycles. The van der Waals surface area contributed by atoms with Gasteiger partial charge in [0.1, 0.15) is 5.76 Å². The Labute approximate surface area is 129 Å². The van der Waals surface area contributed by atoms with Crippen LogP contribution in [0.1, 0.15) is 16.3 Å². The van der Waals surface area contributed by atoms with E-state index in [1.165, 1.54) is 18.9 Å². The van der Waals surface area contributed by atoms with Crippen molar-refractivity contribution in [2.24, 2.45) is 0 Å². The first kappa shape index (κ1) is 14.4. The van der Waals surface area contributed by atoms with Gasteiger partial charge in [-0.15, -0.1) is 0 Å². The lowest BCUT2D eigenvalue weighted by Gasteiger charge is -2.01. The van der Waals surface area contributed by atoms with Crippen LogP contribution >= 0.6 is 11.8 Å². The number of nitrogens with zero attached hydrogens (tertiary/aromatic N) is 1. The molecule has 0 aliphatic carbocycles. The van der Waals surface area contributed by atoms with Crippen LogP contribution in [0.3, 0.4) is 0 Å². The standard InChI is InChI=1S/C15H12N2O4S/c1-20-14(19)12-7-6-9(21-12)8-22-15-16-11-5-3-2-4-10(11)13(18)17-15/h2-7H,8H2,1H3,(H,16,17,18). The lowest BCUT2D eigenvalue weighted by Crippen LogP contribution is -2.08. The Morgan fingerprint density at radius 1 is 1.32 bits per heavy atom. The number of carbonyl (C=O) groups excluding carboxylic acids is 1. The minimum atomic E-state index is -0.520. The van der Waals surface area contributed by atoms with Crippen LogP contribution in [0.5, 0.6) is 0 Å². The van der Waals surface area contributed by atoms with Gasteiger partial charge in [0.05, 0.1) is 23.8 Å². The van der Waals surface area contributed by atoms with Crippen molar-refractivity contribution < 1.29 is 13.9 Å². The molecule has 0 aliphatic heterocycles. The first-order chi connectivity index (χ1) is 10.7. The van der Waals surface area contributed by atoms with Crippen LogP contribution in [0, 0.1) is 0 Å². The molecular formula is C15H12N2O4S. The molecule has 0 bridgehead atoms. The van der Waals surface area contributed by atoms with Gasteiger partial charge in [-0.3, -0.25) is 4.79 Å². The van der Waals surface area contributed by atoms with Gasteiger partial charge < -0.3 is 14.1 Å². The van der Waals surface area contributed by atoms with E-state index in [1.807, 2.05) is 6.07 Å². The van der Waals surface area contributed by atoms with Crippen molar-refractivity contribution in [1.29, 1.82) is 0 Å². The summed E-state index contributed by atoms with van der Waals surface area (Å²) in [5.41, 5.74) is 0.464. The topological polar surface area (TPSA) is 85.2 Å². The summed E-state index contributed by atoms with van der Waals surface area (Å²) in [4.78, 5) is 30.4. The Kier molecular flexibility index (Phi) is 3.97. The van der Waals surface area contributed by atoms with Crippen molar-refractivity contribution in [2.75, 3.05) is 7.11 Å². The zero-order valence-electron chi connectivity index (χ0n) is 11.7. The summed E-state index contributed by atoms with van der Waals surface area (Å²) in [5.74, 6) is 0.672. The highest BCUT2D eigenvalue weighted by molar-refractivity contribution is 7.98. The lowest BCUT2D eigenvalue weighted by atomic mass is 10.2. The predicted molar refractivity (Wildman–Crippen MR) is 82.0 cm³/mol. The average Bonchev–Trinajstić information content (AvgIpc) is 3.01. The van der Waals surface area contributed by atoms with Crippen molar-refractivity contribution in [3.8, 4) is 0 Å². The van der Waals surface area contributed by atoms with E-state index in [4.69, 9.17) is 4.42 Å². The van der Waals surface area contributed by atoms with Crippen LogP contribution < -0.4 is 5.56 Å². The minimum absolute atomic E-state index is 0.151. The minimum Gasteiger partial charge on any atom is -0.463 e. The van der Waals surface area contributed by atoms with Gasteiger partial charge in [0, 0.05) is 0 Å². The van der Waals surface area contributed by atoms with Crippen molar-refractivity contribution in [3.05, 3.63) is 58.3 Å². The van der Waals surface area contributed by atoms with Crippen molar-refractivity contribution in [3.63, 3.8) is 0 Å². The molecule has 0 amide bonds. The number of esters is 1. The molecule has 0 fully saturated rings. The molecule has 0 atom stereocenters. The molecule has 0 saturated carbocycles. The molecule has 6 nitrogen and oxygen atoms in total. The number of hydrogen-bond donors (Lipinski definition) is 1. The molecule has 0 radical (unpaired) electrons. The highest BCUT2D eigenvalue weighted by Crippen LogP contribution is 2.21. The number of hydrogen-bond acceptors (Lipinski definition) is 6. The largest absolute Gasteiger partial charge is 0.463 e. The molecule has 7 heteroatoms. The van der Waals surface area contributed by atoms with Crippen LogP contribution in [0.15, 0.2) is 50.8 Å². The van der Waals surface area contributed by atoms with E-state index in [9.17, 15) is 9.59 Å². The number of para-hydroxylation sites is 1. The molecule has 0 spiro atoms. The summed E-state index contributed by atoms with van der Waals surface area (Å²) in [7, 11) is 1.29. The summed E-state index contributed by atoms with van der Waals surface area (Å²) in [6, 6.07) is 10.4. The number of ether oxygens (including phenoxy) is 1. The molecule has 0 saturated heterocycles. The molecule has 0 aliphatic rings. The molecule has 112 valence electrons.